The summed E-state index contributed by atoms with van der Waals surface area (Å²) in [5, 5.41) is 13.3. The summed E-state index contributed by atoms with van der Waals surface area (Å²) in [6.07, 6.45) is 0.875. The van der Waals surface area contributed by atoms with E-state index in [0.717, 1.165) is 17.2 Å². The SMILES string of the molecule is Cc1nc(C)n(CC2CN(C(=O)CCc3ccc(C(=O)O)cc3)CCO2)n1. The van der Waals surface area contributed by atoms with Crippen molar-refractivity contribution in [3.05, 3.63) is 47.0 Å². The molecule has 8 nitrogen and oxygen atoms in total. The molecular formula is C19H24N4O4. The van der Waals surface area contributed by atoms with E-state index in [-0.39, 0.29) is 17.6 Å². The second-order valence-electron chi connectivity index (χ2n) is 6.72. The highest BCUT2D eigenvalue weighted by atomic mass is 16.5. The highest BCUT2D eigenvalue weighted by Gasteiger charge is 2.25. The molecule has 0 saturated carbocycles. The molecule has 1 N–H and O–H groups in total. The van der Waals surface area contributed by atoms with Crippen LogP contribution in [0.25, 0.3) is 0 Å². The van der Waals surface area contributed by atoms with Crippen LogP contribution in [0.5, 0.6) is 0 Å². The van der Waals surface area contributed by atoms with Gasteiger partial charge in [0.1, 0.15) is 11.6 Å². The number of aromatic nitrogens is 3. The Hall–Kier alpha value is -2.74. The molecule has 0 radical (unpaired) electrons. The Morgan fingerprint density at radius 3 is 2.63 bits per heavy atom. The van der Waals surface area contributed by atoms with E-state index in [4.69, 9.17) is 9.84 Å². The van der Waals surface area contributed by atoms with Crippen LogP contribution in [0.1, 0.15) is 34.0 Å². The average Bonchev–Trinajstić information content (AvgIpc) is 2.97. The number of amides is 1. The number of nitrogens with zero attached hydrogens (tertiary/aromatic N) is 4. The highest BCUT2D eigenvalue weighted by Crippen LogP contribution is 2.12. The van der Waals surface area contributed by atoms with Gasteiger partial charge in [-0.3, -0.25) is 4.79 Å². The lowest BCUT2D eigenvalue weighted by Gasteiger charge is -2.33. The Kier molecular flexibility index (Phi) is 5.85. The summed E-state index contributed by atoms with van der Waals surface area (Å²) in [4.78, 5) is 29.6. The average molecular weight is 372 g/mol. The van der Waals surface area contributed by atoms with E-state index in [2.05, 4.69) is 10.1 Å². The van der Waals surface area contributed by atoms with E-state index in [9.17, 15) is 9.59 Å². The minimum Gasteiger partial charge on any atom is -0.478 e. The van der Waals surface area contributed by atoms with Crippen molar-refractivity contribution in [2.24, 2.45) is 0 Å². The van der Waals surface area contributed by atoms with Gasteiger partial charge in [0.15, 0.2) is 0 Å². The molecule has 1 aliphatic rings. The maximum Gasteiger partial charge on any atom is 0.335 e. The summed E-state index contributed by atoms with van der Waals surface area (Å²) >= 11 is 0. The van der Waals surface area contributed by atoms with Crippen LogP contribution in [0.4, 0.5) is 0 Å². The lowest BCUT2D eigenvalue weighted by atomic mass is 10.1. The minimum atomic E-state index is -0.949. The van der Waals surface area contributed by atoms with Crippen LogP contribution < -0.4 is 0 Å². The standard InChI is InChI=1S/C19H24N4O4/c1-13-20-14(2)23(21-13)12-17-11-22(9-10-27-17)18(24)8-5-15-3-6-16(7-4-15)19(25)26/h3-4,6-7,17H,5,8-12H2,1-2H3,(H,25,26). The number of hydrogen-bond acceptors (Lipinski definition) is 5. The number of carbonyl (C=O) groups is 2. The smallest absolute Gasteiger partial charge is 0.335 e. The summed E-state index contributed by atoms with van der Waals surface area (Å²) in [5.74, 6) is 0.696. The van der Waals surface area contributed by atoms with Crippen LogP contribution in [-0.4, -0.2) is 62.4 Å². The number of hydrogen-bond donors (Lipinski definition) is 1. The molecule has 1 atom stereocenters. The first-order chi connectivity index (χ1) is 12.9. The Labute approximate surface area is 157 Å². The Morgan fingerprint density at radius 2 is 2.00 bits per heavy atom. The number of aromatic carboxylic acids is 1. The quantitative estimate of drug-likeness (QED) is 0.824. The topological polar surface area (TPSA) is 97.6 Å². The molecule has 1 aromatic heterocycles. The molecule has 144 valence electrons. The van der Waals surface area contributed by atoms with E-state index >= 15 is 0 Å². The molecule has 1 fully saturated rings. The van der Waals surface area contributed by atoms with E-state index in [0.29, 0.717) is 39.1 Å². The maximum atomic E-state index is 12.6. The van der Waals surface area contributed by atoms with E-state index < -0.39 is 5.97 Å². The molecule has 27 heavy (non-hydrogen) atoms. The van der Waals surface area contributed by atoms with Gasteiger partial charge in [0.2, 0.25) is 5.91 Å². The number of ether oxygens (including phenoxy) is 1. The van der Waals surface area contributed by atoms with Crippen LogP contribution in [0.15, 0.2) is 24.3 Å². The van der Waals surface area contributed by atoms with Gasteiger partial charge in [-0.1, -0.05) is 12.1 Å². The molecule has 0 bridgehead atoms. The highest BCUT2D eigenvalue weighted by molar-refractivity contribution is 5.87. The first-order valence-electron chi connectivity index (χ1n) is 9.02. The largest absolute Gasteiger partial charge is 0.478 e. The number of carboxylic acid groups (broad SMARTS) is 1. The van der Waals surface area contributed by atoms with Gasteiger partial charge < -0.3 is 14.7 Å². The van der Waals surface area contributed by atoms with Crippen molar-refractivity contribution in [2.75, 3.05) is 19.7 Å². The fourth-order valence-electron chi connectivity index (χ4n) is 3.21. The molecule has 0 spiro atoms. The van der Waals surface area contributed by atoms with Crippen LogP contribution in [0.2, 0.25) is 0 Å². The van der Waals surface area contributed by atoms with Gasteiger partial charge >= 0.3 is 5.97 Å². The van der Waals surface area contributed by atoms with Gasteiger partial charge in [0, 0.05) is 19.5 Å². The third kappa shape index (κ3) is 4.91. The first-order valence-corrected chi connectivity index (χ1v) is 9.02. The summed E-state index contributed by atoms with van der Waals surface area (Å²) in [7, 11) is 0. The van der Waals surface area contributed by atoms with Gasteiger partial charge in [-0.25, -0.2) is 14.5 Å². The van der Waals surface area contributed by atoms with Gasteiger partial charge in [0.05, 0.1) is 24.8 Å². The van der Waals surface area contributed by atoms with Crippen LogP contribution >= 0.6 is 0 Å². The fraction of sp³-hybridized carbons (Fsp3) is 0.474. The number of carboxylic acids is 1. The molecule has 3 rings (SSSR count). The zero-order valence-corrected chi connectivity index (χ0v) is 15.6. The Morgan fingerprint density at radius 1 is 1.26 bits per heavy atom. The molecule has 2 aromatic rings. The molecule has 2 heterocycles. The fourth-order valence-corrected chi connectivity index (χ4v) is 3.21. The van der Waals surface area contributed by atoms with Gasteiger partial charge in [0.25, 0.3) is 0 Å². The minimum absolute atomic E-state index is 0.0807. The third-order valence-corrected chi connectivity index (χ3v) is 4.66. The Bertz CT molecular complexity index is 816. The lowest BCUT2D eigenvalue weighted by Crippen LogP contribution is -2.47. The van der Waals surface area contributed by atoms with Crippen molar-refractivity contribution < 1.29 is 19.4 Å². The van der Waals surface area contributed by atoms with Crippen molar-refractivity contribution >= 4 is 11.9 Å². The number of rotatable bonds is 6. The van der Waals surface area contributed by atoms with Crippen molar-refractivity contribution in [3.63, 3.8) is 0 Å². The van der Waals surface area contributed by atoms with Crippen molar-refractivity contribution in [3.8, 4) is 0 Å². The number of aryl methyl sites for hydroxylation is 3. The number of morpholine rings is 1. The molecule has 1 aromatic carbocycles. The van der Waals surface area contributed by atoms with Crippen LogP contribution in [0, 0.1) is 13.8 Å². The summed E-state index contributed by atoms with van der Waals surface area (Å²) in [6, 6.07) is 6.65. The summed E-state index contributed by atoms with van der Waals surface area (Å²) in [5.41, 5.74) is 1.20. The van der Waals surface area contributed by atoms with Gasteiger partial charge in [-0.05, 0) is 38.0 Å². The van der Waals surface area contributed by atoms with E-state index in [1.165, 1.54) is 0 Å². The maximum absolute atomic E-state index is 12.6. The van der Waals surface area contributed by atoms with Crippen molar-refractivity contribution in [2.45, 2.75) is 39.3 Å². The lowest BCUT2D eigenvalue weighted by molar-refractivity contribution is -0.139. The van der Waals surface area contributed by atoms with Crippen LogP contribution in [-0.2, 0) is 22.5 Å². The van der Waals surface area contributed by atoms with Gasteiger partial charge in [-0.15, -0.1) is 0 Å². The predicted molar refractivity (Wildman–Crippen MR) is 97.5 cm³/mol. The molecule has 8 heteroatoms. The molecular weight excluding hydrogens is 348 g/mol. The number of carbonyl (C=O) groups excluding carboxylic acids is 1. The second-order valence-corrected chi connectivity index (χ2v) is 6.72. The van der Waals surface area contributed by atoms with Crippen LogP contribution in [0.3, 0.4) is 0 Å². The normalized spacial score (nSPS) is 17.1. The van der Waals surface area contributed by atoms with E-state index in [1.807, 2.05) is 23.4 Å². The number of benzene rings is 1. The Balaban J connectivity index is 1.52. The monoisotopic (exact) mass is 372 g/mol. The summed E-state index contributed by atoms with van der Waals surface area (Å²) in [6.45, 7) is 5.97. The summed E-state index contributed by atoms with van der Waals surface area (Å²) < 4.78 is 7.60. The molecule has 1 amide bonds. The van der Waals surface area contributed by atoms with E-state index in [1.54, 1.807) is 24.3 Å². The first kappa shape index (κ1) is 19.0. The molecule has 1 saturated heterocycles. The second kappa shape index (κ2) is 8.30. The van der Waals surface area contributed by atoms with Crippen molar-refractivity contribution in [1.82, 2.24) is 19.7 Å². The predicted octanol–water partition coefficient (Wildman–Crippen LogP) is 1.45. The van der Waals surface area contributed by atoms with Gasteiger partial charge in [-0.2, -0.15) is 5.10 Å². The van der Waals surface area contributed by atoms with Crippen molar-refractivity contribution in [1.29, 1.82) is 0 Å². The third-order valence-electron chi connectivity index (χ3n) is 4.66. The molecule has 1 aliphatic heterocycles. The molecule has 1 unspecified atom stereocenters. The zero-order chi connectivity index (χ0) is 19.4. The zero-order valence-electron chi connectivity index (χ0n) is 15.6. The molecule has 0 aliphatic carbocycles.